The van der Waals surface area contributed by atoms with Gasteiger partial charge in [-0.3, -0.25) is 9.48 Å². The fourth-order valence-electron chi connectivity index (χ4n) is 2.35. The molecule has 0 aliphatic carbocycles. The van der Waals surface area contributed by atoms with Gasteiger partial charge in [0.15, 0.2) is 17.9 Å². The lowest BCUT2D eigenvalue weighted by Crippen LogP contribution is -1.88. The molecule has 0 fully saturated rings. The van der Waals surface area contributed by atoms with Crippen LogP contribution in [0.3, 0.4) is 0 Å². The molecule has 24 heavy (non-hydrogen) atoms. The van der Waals surface area contributed by atoms with Crippen LogP contribution in [0.2, 0.25) is 0 Å². The number of nitrogens with zero attached hydrogens (tertiary/aromatic N) is 2. The Morgan fingerprint density at radius 2 is 1.79 bits per heavy atom. The first-order valence-electron chi connectivity index (χ1n) is 7.32. The molecule has 1 aromatic heterocycles. The fourth-order valence-corrected chi connectivity index (χ4v) is 2.35. The van der Waals surface area contributed by atoms with Crippen LogP contribution >= 0.6 is 0 Å². The van der Waals surface area contributed by atoms with Crippen molar-refractivity contribution in [3.8, 4) is 17.0 Å². The maximum atomic E-state index is 13.5. The van der Waals surface area contributed by atoms with Gasteiger partial charge in [-0.1, -0.05) is 36.4 Å². The number of phenols is 1. The third-order valence-electron chi connectivity index (χ3n) is 3.63. The standard InChI is InChI=1S/C19H15FN2O2/c1-22-9-8-18(21-22)15-6-4-13(5-7-15)2-3-14-10-16(12-23)19(24)17(20)11-14/h2-12,24H,1H3/b3-2+. The number of carbonyl (C=O) groups excluding carboxylic acids is 1. The molecule has 0 spiro atoms. The van der Waals surface area contributed by atoms with Crippen molar-refractivity contribution >= 4 is 18.4 Å². The van der Waals surface area contributed by atoms with Gasteiger partial charge >= 0.3 is 0 Å². The average Bonchev–Trinajstić information content (AvgIpc) is 3.02. The SMILES string of the molecule is Cn1ccc(-c2ccc(/C=C/c3cc(F)c(O)c(C=O)c3)cc2)n1. The van der Waals surface area contributed by atoms with E-state index < -0.39 is 11.6 Å². The highest BCUT2D eigenvalue weighted by Crippen LogP contribution is 2.23. The Kier molecular flexibility index (Phi) is 4.24. The van der Waals surface area contributed by atoms with E-state index in [-0.39, 0.29) is 5.56 Å². The van der Waals surface area contributed by atoms with Crippen LogP contribution in [0.4, 0.5) is 4.39 Å². The van der Waals surface area contributed by atoms with Crippen LogP contribution in [-0.2, 0) is 7.05 Å². The summed E-state index contributed by atoms with van der Waals surface area (Å²) in [7, 11) is 1.87. The number of aromatic nitrogens is 2. The first-order chi connectivity index (χ1) is 11.6. The second-order valence-electron chi connectivity index (χ2n) is 5.39. The minimum absolute atomic E-state index is 0.0693. The Balaban J connectivity index is 1.82. The van der Waals surface area contributed by atoms with Gasteiger partial charge in [0.05, 0.1) is 11.3 Å². The predicted molar refractivity (Wildman–Crippen MR) is 91.0 cm³/mol. The number of benzene rings is 2. The molecule has 120 valence electrons. The number of phenolic OH excluding ortho intramolecular Hbond substituents is 1. The topological polar surface area (TPSA) is 55.1 Å². The smallest absolute Gasteiger partial charge is 0.166 e. The van der Waals surface area contributed by atoms with E-state index in [1.807, 2.05) is 49.7 Å². The Hall–Kier alpha value is -3.21. The molecular weight excluding hydrogens is 307 g/mol. The molecule has 0 aliphatic heterocycles. The zero-order valence-corrected chi connectivity index (χ0v) is 13.0. The number of aldehydes is 1. The van der Waals surface area contributed by atoms with E-state index in [0.717, 1.165) is 16.8 Å². The lowest BCUT2D eigenvalue weighted by molar-refractivity contribution is 0.112. The quantitative estimate of drug-likeness (QED) is 0.585. The van der Waals surface area contributed by atoms with Gasteiger partial charge in [-0.05, 0) is 29.3 Å². The normalized spacial score (nSPS) is 11.1. The molecule has 0 atom stereocenters. The van der Waals surface area contributed by atoms with Crippen LogP contribution in [0.1, 0.15) is 21.5 Å². The first-order valence-corrected chi connectivity index (χ1v) is 7.32. The van der Waals surface area contributed by atoms with Crippen molar-refractivity contribution < 1.29 is 14.3 Å². The van der Waals surface area contributed by atoms with Crippen LogP contribution in [0, 0.1) is 5.82 Å². The average molecular weight is 322 g/mol. The molecule has 0 saturated heterocycles. The fraction of sp³-hybridized carbons (Fsp3) is 0.0526. The Morgan fingerprint density at radius 1 is 1.08 bits per heavy atom. The van der Waals surface area contributed by atoms with Crippen molar-refractivity contribution in [1.82, 2.24) is 9.78 Å². The molecule has 4 nitrogen and oxygen atoms in total. The molecule has 0 unspecified atom stereocenters. The van der Waals surface area contributed by atoms with Crippen molar-refractivity contribution in [2.45, 2.75) is 0 Å². The summed E-state index contributed by atoms with van der Waals surface area (Å²) < 4.78 is 15.3. The zero-order chi connectivity index (χ0) is 17.1. The van der Waals surface area contributed by atoms with Gasteiger partial charge in [-0.25, -0.2) is 4.39 Å². The van der Waals surface area contributed by atoms with E-state index in [2.05, 4.69) is 5.10 Å². The lowest BCUT2D eigenvalue weighted by Gasteiger charge is -2.02. The summed E-state index contributed by atoms with van der Waals surface area (Å²) in [4.78, 5) is 10.8. The summed E-state index contributed by atoms with van der Waals surface area (Å²) in [6, 6.07) is 12.3. The molecule has 2 aromatic carbocycles. The molecule has 0 radical (unpaired) electrons. The van der Waals surface area contributed by atoms with E-state index in [9.17, 15) is 14.3 Å². The number of aromatic hydroxyl groups is 1. The summed E-state index contributed by atoms with van der Waals surface area (Å²) in [6.07, 6.45) is 5.80. The second kappa shape index (κ2) is 6.50. The minimum atomic E-state index is -0.815. The Bertz CT molecular complexity index is 912. The summed E-state index contributed by atoms with van der Waals surface area (Å²) in [5.41, 5.74) is 3.26. The van der Waals surface area contributed by atoms with Crippen molar-refractivity contribution in [3.63, 3.8) is 0 Å². The Labute approximate surface area is 138 Å². The second-order valence-corrected chi connectivity index (χ2v) is 5.39. The van der Waals surface area contributed by atoms with Gasteiger partial charge in [0, 0.05) is 18.8 Å². The molecule has 0 bridgehead atoms. The largest absolute Gasteiger partial charge is 0.504 e. The molecule has 5 heteroatoms. The number of carbonyl (C=O) groups is 1. The number of halogens is 1. The molecule has 0 aliphatic rings. The van der Waals surface area contributed by atoms with Crippen LogP contribution < -0.4 is 0 Å². The highest BCUT2D eigenvalue weighted by Gasteiger charge is 2.07. The van der Waals surface area contributed by atoms with E-state index in [4.69, 9.17) is 0 Å². The van der Waals surface area contributed by atoms with Crippen LogP contribution in [0.5, 0.6) is 5.75 Å². The molecule has 3 rings (SSSR count). The number of aryl methyl sites for hydroxylation is 1. The van der Waals surface area contributed by atoms with Gasteiger partial charge in [0.1, 0.15) is 0 Å². The van der Waals surface area contributed by atoms with Crippen molar-refractivity contribution in [1.29, 1.82) is 0 Å². The number of hydrogen-bond donors (Lipinski definition) is 1. The van der Waals surface area contributed by atoms with Crippen LogP contribution in [0.15, 0.2) is 48.7 Å². The lowest BCUT2D eigenvalue weighted by atomic mass is 10.1. The first kappa shape index (κ1) is 15.7. The van der Waals surface area contributed by atoms with Crippen LogP contribution in [0.25, 0.3) is 23.4 Å². The molecule has 1 N–H and O–H groups in total. The minimum Gasteiger partial charge on any atom is -0.504 e. The zero-order valence-electron chi connectivity index (χ0n) is 13.0. The number of hydrogen-bond acceptors (Lipinski definition) is 3. The summed E-state index contributed by atoms with van der Waals surface area (Å²) in [5.74, 6) is -1.44. The monoisotopic (exact) mass is 322 g/mol. The van der Waals surface area contributed by atoms with Crippen molar-refractivity contribution in [3.05, 3.63) is 71.2 Å². The number of rotatable bonds is 4. The highest BCUT2D eigenvalue weighted by molar-refractivity contribution is 5.82. The van der Waals surface area contributed by atoms with Gasteiger partial charge in [0.25, 0.3) is 0 Å². The van der Waals surface area contributed by atoms with Crippen molar-refractivity contribution in [2.75, 3.05) is 0 Å². The summed E-state index contributed by atoms with van der Waals surface area (Å²) in [6.45, 7) is 0. The van der Waals surface area contributed by atoms with Gasteiger partial charge in [-0.15, -0.1) is 0 Å². The van der Waals surface area contributed by atoms with Gasteiger partial charge in [-0.2, -0.15) is 5.10 Å². The highest BCUT2D eigenvalue weighted by atomic mass is 19.1. The van der Waals surface area contributed by atoms with E-state index in [0.29, 0.717) is 11.8 Å². The maximum Gasteiger partial charge on any atom is 0.166 e. The molecular formula is C19H15FN2O2. The summed E-state index contributed by atoms with van der Waals surface area (Å²) >= 11 is 0. The summed E-state index contributed by atoms with van der Waals surface area (Å²) in [5, 5.41) is 13.8. The van der Waals surface area contributed by atoms with E-state index in [1.165, 1.54) is 12.1 Å². The van der Waals surface area contributed by atoms with E-state index >= 15 is 0 Å². The third kappa shape index (κ3) is 3.25. The Morgan fingerprint density at radius 3 is 2.42 bits per heavy atom. The van der Waals surface area contributed by atoms with Crippen LogP contribution in [-0.4, -0.2) is 21.2 Å². The van der Waals surface area contributed by atoms with Crippen molar-refractivity contribution in [2.24, 2.45) is 7.05 Å². The molecule has 0 saturated carbocycles. The molecule has 1 heterocycles. The van der Waals surface area contributed by atoms with Gasteiger partial charge in [0.2, 0.25) is 0 Å². The predicted octanol–water partition coefficient (Wildman–Crippen LogP) is 3.91. The van der Waals surface area contributed by atoms with Gasteiger partial charge < -0.3 is 5.11 Å². The third-order valence-corrected chi connectivity index (χ3v) is 3.63. The van der Waals surface area contributed by atoms with E-state index in [1.54, 1.807) is 10.8 Å². The maximum absolute atomic E-state index is 13.5. The molecule has 3 aromatic rings. The molecule has 0 amide bonds.